The third-order valence-electron chi connectivity index (χ3n) is 4.52. The average Bonchev–Trinajstić information content (AvgIpc) is 3.02. The van der Waals surface area contributed by atoms with E-state index >= 15 is 0 Å². The quantitative estimate of drug-likeness (QED) is 0.814. The number of aliphatic hydroxyl groups is 1. The van der Waals surface area contributed by atoms with Crippen LogP contribution in [0.4, 0.5) is 0 Å². The van der Waals surface area contributed by atoms with Crippen LogP contribution in [0, 0.1) is 11.8 Å². The zero-order valence-corrected chi connectivity index (χ0v) is 11.2. The molecule has 1 nitrogen and oxygen atoms in total. The summed E-state index contributed by atoms with van der Waals surface area (Å²) in [6, 6.07) is 10.5. The molecule has 1 heteroatoms. The van der Waals surface area contributed by atoms with Crippen molar-refractivity contribution < 1.29 is 5.11 Å². The second-order valence-electron chi connectivity index (χ2n) is 5.57. The normalized spacial score (nSPS) is 30.9. The van der Waals surface area contributed by atoms with E-state index in [-0.39, 0.29) is 0 Å². The van der Waals surface area contributed by atoms with Crippen LogP contribution in [-0.4, -0.2) is 10.7 Å². The highest BCUT2D eigenvalue weighted by Gasteiger charge is 2.57. The third kappa shape index (κ3) is 2.26. The van der Waals surface area contributed by atoms with Crippen molar-refractivity contribution in [2.45, 2.75) is 51.6 Å². The van der Waals surface area contributed by atoms with Crippen molar-refractivity contribution in [2.24, 2.45) is 11.8 Å². The Balaban J connectivity index is 2.27. The first kappa shape index (κ1) is 12.6. The van der Waals surface area contributed by atoms with Gasteiger partial charge in [0.2, 0.25) is 0 Å². The van der Waals surface area contributed by atoms with Crippen LogP contribution in [0.25, 0.3) is 0 Å². The summed E-state index contributed by atoms with van der Waals surface area (Å²) in [7, 11) is 0. The standard InChI is InChI=1S/C16H24O/c1-4-12(3)15(13-9-7-6-8-10-13)16(17)11-14(16)5-2/h6-10,12,14-15,17H,4-5,11H2,1-3H3. The predicted octanol–water partition coefficient (Wildman–Crippen LogP) is 3.98. The number of hydrogen-bond donors (Lipinski definition) is 1. The second kappa shape index (κ2) is 4.81. The minimum Gasteiger partial charge on any atom is -0.389 e. The Morgan fingerprint density at radius 2 is 1.94 bits per heavy atom. The molecular formula is C16H24O. The van der Waals surface area contributed by atoms with Crippen molar-refractivity contribution in [3.63, 3.8) is 0 Å². The van der Waals surface area contributed by atoms with E-state index < -0.39 is 5.60 Å². The van der Waals surface area contributed by atoms with E-state index in [2.05, 4.69) is 45.0 Å². The minimum absolute atomic E-state index is 0.304. The molecule has 2 rings (SSSR count). The van der Waals surface area contributed by atoms with Gasteiger partial charge in [0.05, 0.1) is 5.60 Å². The lowest BCUT2D eigenvalue weighted by Gasteiger charge is -2.29. The molecule has 1 fully saturated rings. The molecule has 4 atom stereocenters. The van der Waals surface area contributed by atoms with Gasteiger partial charge in [0.15, 0.2) is 0 Å². The van der Waals surface area contributed by atoms with E-state index in [0.717, 1.165) is 19.3 Å². The Kier molecular flexibility index (Phi) is 3.58. The Bertz CT molecular complexity index is 359. The summed E-state index contributed by atoms with van der Waals surface area (Å²) in [6.07, 6.45) is 3.20. The lowest BCUT2D eigenvalue weighted by Crippen LogP contribution is -2.28. The van der Waals surface area contributed by atoms with E-state index in [1.165, 1.54) is 5.56 Å². The van der Waals surface area contributed by atoms with Gasteiger partial charge in [-0.1, -0.05) is 63.9 Å². The van der Waals surface area contributed by atoms with Crippen molar-refractivity contribution in [2.75, 3.05) is 0 Å². The summed E-state index contributed by atoms with van der Waals surface area (Å²) < 4.78 is 0. The zero-order chi connectivity index (χ0) is 12.5. The summed E-state index contributed by atoms with van der Waals surface area (Å²) >= 11 is 0. The van der Waals surface area contributed by atoms with Gasteiger partial charge in [0.25, 0.3) is 0 Å². The van der Waals surface area contributed by atoms with Gasteiger partial charge >= 0.3 is 0 Å². The van der Waals surface area contributed by atoms with Crippen LogP contribution in [-0.2, 0) is 0 Å². The van der Waals surface area contributed by atoms with Crippen molar-refractivity contribution >= 4 is 0 Å². The summed E-state index contributed by atoms with van der Waals surface area (Å²) in [6.45, 7) is 6.66. The van der Waals surface area contributed by atoms with Crippen LogP contribution in [0.15, 0.2) is 30.3 Å². The largest absolute Gasteiger partial charge is 0.389 e. The summed E-state index contributed by atoms with van der Waals surface area (Å²) in [4.78, 5) is 0. The molecule has 1 aromatic rings. The fraction of sp³-hybridized carbons (Fsp3) is 0.625. The molecule has 4 unspecified atom stereocenters. The number of rotatable bonds is 5. The number of hydrogen-bond acceptors (Lipinski definition) is 1. The maximum absolute atomic E-state index is 10.8. The van der Waals surface area contributed by atoms with Gasteiger partial charge in [0, 0.05) is 5.92 Å². The van der Waals surface area contributed by atoms with E-state index in [4.69, 9.17) is 0 Å². The van der Waals surface area contributed by atoms with Gasteiger partial charge in [-0.3, -0.25) is 0 Å². The van der Waals surface area contributed by atoms with E-state index in [1.807, 2.05) is 6.07 Å². The van der Waals surface area contributed by atoms with E-state index in [9.17, 15) is 5.11 Å². The van der Waals surface area contributed by atoms with E-state index in [1.54, 1.807) is 0 Å². The van der Waals surface area contributed by atoms with Crippen LogP contribution < -0.4 is 0 Å². The maximum atomic E-state index is 10.8. The highest BCUT2D eigenvalue weighted by atomic mass is 16.3. The molecule has 1 saturated carbocycles. The Labute approximate surface area is 105 Å². The van der Waals surface area contributed by atoms with Gasteiger partial charge < -0.3 is 5.11 Å². The fourth-order valence-electron chi connectivity index (χ4n) is 3.22. The first-order valence-corrected chi connectivity index (χ1v) is 6.90. The predicted molar refractivity (Wildman–Crippen MR) is 72.0 cm³/mol. The molecule has 0 spiro atoms. The smallest absolute Gasteiger partial charge is 0.0751 e. The molecule has 0 bridgehead atoms. The van der Waals surface area contributed by atoms with Gasteiger partial charge in [-0.2, -0.15) is 0 Å². The van der Waals surface area contributed by atoms with Crippen molar-refractivity contribution in [3.05, 3.63) is 35.9 Å². The molecule has 1 aliphatic rings. The number of benzene rings is 1. The van der Waals surface area contributed by atoms with Crippen LogP contribution in [0.3, 0.4) is 0 Å². The molecule has 0 heterocycles. The van der Waals surface area contributed by atoms with Crippen LogP contribution in [0.1, 0.15) is 51.5 Å². The van der Waals surface area contributed by atoms with Crippen molar-refractivity contribution in [1.29, 1.82) is 0 Å². The molecular weight excluding hydrogens is 208 g/mol. The molecule has 0 aromatic heterocycles. The molecule has 17 heavy (non-hydrogen) atoms. The van der Waals surface area contributed by atoms with Crippen molar-refractivity contribution in [3.8, 4) is 0 Å². The Morgan fingerprint density at radius 1 is 1.29 bits per heavy atom. The molecule has 1 N–H and O–H groups in total. The molecule has 94 valence electrons. The van der Waals surface area contributed by atoms with E-state index in [0.29, 0.717) is 17.8 Å². The van der Waals surface area contributed by atoms with Crippen LogP contribution >= 0.6 is 0 Å². The summed E-state index contributed by atoms with van der Waals surface area (Å²) in [5.41, 5.74) is 0.867. The molecule has 1 aromatic carbocycles. The lowest BCUT2D eigenvalue weighted by atomic mass is 9.79. The topological polar surface area (TPSA) is 20.2 Å². The fourth-order valence-corrected chi connectivity index (χ4v) is 3.22. The molecule has 0 saturated heterocycles. The second-order valence-corrected chi connectivity index (χ2v) is 5.57. The highest BCUT2D eigenvalue weighted by Crippen LogP contribution is 2.57. The highest BCUT2D eigenvalue weighted by molar-refractivity contribution is 5.28. The Morgan fingerprint density at radius 3 is 2.41 bits per heavy atom. The Hall–Kier alpha value is -0.820. The molecule has 0 radical (unpaired) electrons. The molecule has 0 amide bonds. The average molecular weight is 232 g/mol. The lowest BCUT2D eigenvalue weighted by molar-refractivity contribution is 0.0751. The summed E-state index contributed by atoms with van der Waals surface area (Å²) in [5.74, 6) is 1.35. The van der Waals surface area contributed by atoms with Gasteiger partial charge in [-0.15, -0.1) is 0 Å². The maximum Gasteiger partial charge on any atom is 0.0751 e. The first-order chi connectivity index (χ1) is 8.13. The molecule has 0 aliphatic heterocycles. The zero-order valence-electron chi connectivity index (χ0n) is 11.2. The monoisotopic (exact) mass is 232 g/mol. The van der Waals surface area contributed by atoms with Crippen LogP contribution in [0.2, 0.25) is 0 Å². The summed E-state index contributed by atoms with van der Waals surface area (Å²) in [5, 5.41) is 10.8. The van der Waals surface area contributed by atoms with Crippen molar-refractivity contribution in [1.82, 2.24) is 0 Å². The van der Waals surface area contributed by atoms with Gasteiger partial charge in [-0.05, 0) is 23.8 Å². The van der Waals surface area contributed by atoms with Gasteiger partial charge in [0.1, 0.15) is 0 Å². The minimum atomic E-state index is -0.439. The van der Waals surface area contributed by atoms with Gasteiger partial charge in [-0.25, -0.2) is 0 Å². The molecule has 1 aliphatic carbocycles. The van der Waals surface area contributed by atoms with Crippen LogP contribution in [0.5, 0.6) is 0 Å². The third-order valence-corrected chi connectivity index (χ3v) is 4.52. The first-order valence-electron chi connectivity index (χ1n) is 6.90. The SMILES string of the molecule is CCC(C)C(c1ccccc1)C1(O)CC1CC.